The first-order valence-electron chi connectivity index (χ1n) is 11.1. The van der Waals surface area contributed by atoms with Gasteiger partial charge < -0.3 is 15.3 Å². The Morgan fingerprint density at radius 3 is 2.42 bits per heavy atom. The predicted octanol–water partition coefficient (Wildman–Crippen LogP) is 6.25. The van der Waals surface area contributed by atoms with E-state index in [4.69, 9.17) is 5.11 Å². The Labute approximate surface area is 190 Å². The standard InChI is InChI=1S/C25H36O5S/c1-2-3-4-5-6-7-8-9-10-11-12-16-22(31-18-17-23(26)27)24(28)20-14-13-15-21(19-20)25(29)30/h10-16,19,22,24,28H,2-9,17-18H2,1H3,(H,26,27)(H,29,30)/b11-10-,16-12+. The first-order valence-corrected chi connectivity index (χ1v) is 12.2. The van der Waals surface area contributed by atoms with E-state index in [-0.39, 0.29) is 17.2 Å². The number of aromatic carboxylic acids is 1. The minimum Gasteiger partial charge on any atom is -0.481 e. The molecule has 0 aromatic heterocycles. The molecule has 0 bridgehead atoms. The van der Waals surface area contributed by atoms with Crippen LogP contribution >= 0.6 is 11.8 Å². The lowest BCUT2D eigenvalue weighted by molar-refractivity contribution is -0.136. The van der Waals surface area contributed by atoms with Gasteiger partial charge in [-0.15, -0.1) is 0 Å². The molecule has 31 heavy (non-hydrogen) atoms. The van der Waals surface area contributed by atoms with Crippen LogP contribution in [-0.2, 0) is 4.79 Å². The third-order valence-electron chi connectivity index (χ3n) is 4.93. The number of aliphatic hydroxyl groups excluding tert-OH is 1. The van der Waals surface area contributed by atoms with E-state index in [0.717, 1.165) is 12.8 Å². The third-order valence-corrected chi connectivity index (χ3v) is 6.17. The highest BCUT2D eigenvalue weighted by atomic mass is 32.2. The first-order chi connectivity index (χ1) is 15.0. The Hall–Kier alpha value is -2.05. The quantitative estimate of drug-likeness (QED) is 0.193. The maximum absolute atomic E-state index is 11.2. The Bertz CT molecular complexity index is 714. The van der Waals surface area contributed by atoms with Crippen LogP contribution in [0.25, 0.3) is 0 Å². The number of hydrogen-bond acceptors (Lipinski definition) is 4. The van der Waals surface area contributed by atoms with Crippen LogP contribution in [0.2, 0.25) is 0 Å². The topological polar surface area (TPSA) is 94.8 Å². The molecule has 0 fully saturated rings. The van der Waals surface area contributed by atoms with E-state index in [9.17, 15) is 19.8 Å². The molecule has 1 aromatic rings. The van der Waals surface area contributed by atoms with Crippen molar-refractivity contribution in [2.45, 2.75) is 76.1 Å². The highest BCUT2D eigenvalue weighted by Gasteiger charge is 2.20. The number of aliphatic carboxylic acids is 1. The molecule has 0 aliphatic heterocycles. The fourth-order valence-corrected chi connectivity index (χ4v) is 4.25. The van der Waals surface area contributed by atoms with Gasteiger partial charge in [-0.05, 0) is 30.5 Å². The lowest BCUT2D eigenvalue weighted by Crippen LogP contribution is -2.15. The van der Waals surface area contributed by atoms with Crippen LogP contribution in [0.15, 0.2) is 48.6 Å². The molecule has 2 atom stereocenters. The summed E-state index contributed by atoms with van der Waals surface area (Å²) in [4.78, 5) is 22.0. The molecule has 6 heteroatoms. The molecule has 0 aliphatic carbocycles. The maximum Gasteiger partial charge on any atom is 0.335 e. The normalized spacial score (nSPS) is 13.6. The second kappa shape index (κ2) is 16.6. The summed E-state index contributed by atoms with van der Waals surface area (Å²) in [7, 11) is 0. The Morgan fingerprint density at radius 1 is 1.03 bits per heavy atom. The molecule has 0 aliphatic rings. The highest BCUT2D eigenvalue weighted by Crippen LogP contribution is 2.29. The largest absolute Gasteiger partial charge is 0.481 e. The molecule has 0 radical (unpaired) electrons. The summed E-state index contributed by atoms with van der Waals surface area (Å²) in [5.41, 5.74) is 0.619. The van der Waals surface area contributed by atoms with Crippen molar-refractivity contribution in [1.29, 1.82) is 0 Å². The average Bonchev–Trinajstić information content (AvgIpc) is 2.75. The van der Waals surface area contributed by atoms with E-state index in [1.807, 2.05) is 18.2 Å². The summed E-state index contributed by atoms with van der Waals surface area (Å²) in [6.45, 7) is 2.22. The van der Waals surface area contributed by atoms with E-state index in [1.165, 1.54) is 62.4 Å². The van der Waals surface area contributed by atoms with Crippen molar-refractivity contribution in [2.24, 2.45) is 0 Å². The molecule has 0 amide bonds. The molecule has 3 N–H and O–H groups in total. The number of carbonyl (C=O) groups is 2. The molecule has 1 aromatic carbocycles. The first kappa shape index (κ1) is 27.0. The second-order valence-electron chi connectivity index (χ2n) is 7.58. The van der Waals surface area contributed by atoms with E-state index < -0.39 is 18.0 Å². The number of allylic oxidation sites excluding steroid dienone is 3. The van der Waals surface area contributed by atoms with Gasteiger partial charge in [0.2, 0.25) is 0 Å². The van der Waals surface area contributed by atoms with Crippen LogP contribution in [0.1, 0.15) is 86.7 Å². The lowest BCUT2D eigenvalue weighted by Gasteiger charge is -2.20. The molecule has 2 unspecified atom stereocenters. The number of thioether (sulfide) groups is 1. The van der Waals surface area contributed by atoms with Crippen molar-refractivity contribution in [3.63, 3.8) is 0 Å². The Morgan fingerprint density at radius 2 is 1.74 bits per heavy atom. The van der Waals surface area contributed by atoms with Crippen molar-refractivity contribution in [1.82, 2.24) is 0 Å². The van der Waals surface area contributed by atoms with Gasteiger partial charge in [0.05, 0.1) is 23.3 Å². The molecule has 1 rings (SSSR count). The number of aliphatic hydroxyl groups is 1. The maximum atomic E-state index is 11.2. The number of carboxylic acid groups (broad SMARTS) is 2. The van der Waals surface area contributed by atoms with Crippen molar-refractivity contribution in [3.05, 3.63) is 59.7 Å². The molecule has 5 nitrogen and oxygen atoms in total. The minimum atomic E-state index is -1.05. The fourth-order valence-electron chi connectivity index (χ4n) is 3.15. The summed E-state index contributed by atoms with van der Waals surface area (Å²) in [6.07, 6.45) is 16.8. The molecular weight excluding hydrogens is 412 g/mol. The summed E-state index contributed by atoms with van der Waals surface area (Å²) in [5, 5.41) is 28.5. The van der Waals surface area contributed by atoms with Gasteiger partial charge in [0, 0.05) is 5.75 Å². The second-order valence-corrected chi connectivity index (χ2v) is 8.86. The van der Waals surface area contributed by atoms with E-state index in [2.05, 4.69) is 13.0 Å². The van der Waals surface area contributed by atoms with E-state index in [0.29, 0.717) is 11.3 Å². The van der Waals surface area contributed by atoms with Crippen LogP contribution in [0.3, 0.4) is 0 Å². The summed E-state index contributed by atoms with van der Waals surface area (Å²) >= 11 is 1.35. The monoisotopic (exact) mass is 448 g/mol. The lowest BCUT2D eigenvalue weighted by atomic mass is 10.0. The van der Waals surface area contributed by atoms with E-state index >= 15 is 0 Å². The van der Waals surface area contributed by atoms with Gasteiger partial charge in [-0.25, -0.2) is 4.79 Å². The molecule has 0 saturated heterocycles. The zero-order valence-corrected chi connectivity index (χ0v) is 19.2. The van der Waals surface area contributed by atoms with Crippen molar-refractivity contribution in [3.8, 4) is 0 Å². The van der Waals surface area contributed by atoms with Crippen molar-refractivity contribution < 1.29 is 24.9 Å². The van der Waals surface area contributed by atoms with Crippen LogP contribution in [0, 0.1) is 0 Å². The number of rotatable bonds is 17. The van der Waals surface area contributed by atoms with Gasteiger partial charge in [0.25, 0.3) is 0 Å². The Balaban J connectivity index is 2.59. The van der Waals surface area contributed by atoms with Gasteiger partial charge in [-0.3, -0.25) is 4.79 Å². The summed E-state index contributed by atoms with van der Waals surface area (Å²) in [6, 6.07) is 6.23. The van der Waals surface area contributed by atoms with Crippen molar-refractivity contribution in [2.75, 3.05) is 5.75 Å². The zero-order chi connectivity index (χ0) is 22.9. The zero-order valence-electron chi connectivity index (χ0n) is 18.4. The number of carboxylic acids is 2. The van der Waals surface area contributed by atoms with Gasteiger partial charge in [-0.2, -0.15) is 11.8 Å². The van der Waals surface area contributed by atoms with Crippen LogP contribution < -0.4 is 0 Å². The van der Waals surface area contributed by atoms with Crippen LogP contribution in [0.5, 0.6) is 0 Å². The number of benzene rings is 1. The van der Waals surface area contributed by atoms with E-state index in [1.54, 1.807) is 12.1 Å². The third kappa shape index (κ3) is 12.4. The number of unbranched alkanes of at least 4 members (excludes halogenated alkanes) is 7. The van der Waals surface area contributed by atoms with Gasteiger partial charge in [0.1, 0.15) is 0 Å². The number of hydrogen-bond donors (Lipinski definition) is 3. The molecule has 0 heterocycles. The highest BCUT2D eigenvalue weighted by molar-refractivity contribution is 8.00. The Kier molecular flexibility index (Phi) is 14.5. The summed E-state index contributed by atoms with van der Waals surface area (Å²) in [5.74, 6) is -1.57. The van der Waals surface area contributed by atoms with Crippen LogP contribution in [0.4, 0.5) is 0 Å². The van der Waals surface area contributed by atoms with Gasteiger partial charge in [0.15, 0.2) is 0 Å². The van der Waals surface area contributed by atoms with Crippen LogP contribution in [-0.4, -0.2) is 38.3 Å². The molecule has 0 saturated carbocycles. The summed E-state index contributed by atoms with van der Waals surface area (Å²) < 4.78 is 0. The minimum absolute atomic E-state index is 0.00495. The molecule has 0 spiro atoms. The van der Waals surface area contributed by atoms with Gasteiger partial charge >= 0.3 is 11.9 Å². The van der Waals surface area contributed by atoms with Crippen molar-refractivity contribution >= 4 is 23.7 Å². The SMILES string of the molecule is CCCCCCCCC/C=C\C=C\C(SCCC(=O)O)C(O)c1cccc(C(=O)O)c1. The molecular formula is C25H36O5S. The fraction of sp³-hybridized carbons (Fsp3) is 0.520. The average molecular weight is 449 g/mol. The predicted molar refractivity (Wildman–Crippen MR) is 128 cm³/mol. The smallest absolute Gasteiger partial charge is 0.335 e. The van der Waals surface area contributed by atoms with Gasteiger partial charge in [-0.1, -0.05) is 81.9 Å². The molecule has 172 valence electrons.